The van der Waals surface area contributed by atoms with Gasteiger partial charge in [0.05, 0.1) is 31.2 Å². The molecular formula is C18H27N3O4. The van der Waals surface area contributed by atoms with Crippen molar-refractivity contribution < 1.29 is 19.8 Å². The summed E-state index contributed by atoms with van der Waals surface area (Å²) in [7, 11) is 0. The zero-order valence-electron chi connectivity index (χ0n) is 14.6. The van der Waals surface area contributed by atoms with E-state index < -0.39 is 11.6 Å². The van der Waals surface area contributed by atoms with Crippen molar-refractivity contribution in [2.45, 2.75) is 37.9 Å². The molecule has 0 unspecified atom stereocenters. The predicted molar refractivity (Wildman–Crippen MR) is 93.6 cm³/mol. The fourth-order valence-electron chi connectivity index (χ4n) is 2.95. The third-order valence-corrected chi connectivity index (χ3v) is 4.74. The van der Waals surface area contributed by atoms with E-state index in [0.717, 1.165) is 5.56 Å². The number of piperazine rings is 1. The van der Waals surface area contributed by atoms with E-state index in [1.165, 1.54) is 0 Å². The molecule has 1 aliphatic rings. The minimum Gasteiger partial charge on any atom is -0.394 e. The largest absolute Gasteiger partial charge is 0.394 e. The van der Waals surface area contributed by atoms with Gasteiger partial charge in [-0.25, -0.2) is 0 Å². The average Bonchev–Trinajstić information content (AvgIpc) is 2.63. The Bertz CT molecular complexity index is 567. The third-order valence-electron chi connectivity index (χ3n) is 4.74. The van der Waals surface area contributed by atoms with Crippen molar-refractivity contribution in [1.82, 2.24) is 15.5 Å². The third kappa shape index (κ3) is 5.01. The Balaban J connectivity index is 2.05. The second kappa shape index (κ2) is 8.94. The zero-order chi connectivity index (χ0) is 18.3. The molecule has 7 heteroatoms. The van der Waals surface area contributed by atoms with Crippen molar-refractivity contribution in [2.24, 2.45) is 0 Å². The maximum Gasteiger partial charge on any atom is 0.237 e. The van der Waals surface area contributed by atoms with Crippen LogP contribution >= 0.6 is 0 Å². The molecule has 0 bridgehead atoms. The van der Waals surface area contributed by atoms with Gasteiger partial charge in [0.2, 0.25) is 11.8 Å². The summed E-state index contributed by atoms with van der Waals surface area (Å²) in [6, 6.07) is 9.23. The summed E-state index contributed by atoms with van der Waals surface area (Å²) in [6.07, 6.45) is 0.386. The number of nitrogens with zero attached hydrogens (tertiary/aromatic N) is 1. The molecule has 1 heterocycles. The van der Waals surface area contributed by atoms with E-state index in [1.54, 1.807) is 6.92 Å². The number of hydrogen-bond donors (Lipinski definition) is 4. The number of hydrogen-bond acceptors (Lipinski definition) is 5. The van der Waals surface area contributed by atoms with Crippen LogP contribution in [0.1, 0.15) is 25.3 Å². The predicted octanol–water partition coefficient (Wildman–Crippen LogP) is -0.373. The number of benzene rings is 1. The molecule has 1 fully saturated rings. The first kappa shape index (κ1) is 19.4. The fourth-order valence-corrected chi connectivity index (χ4v) is 2.95. The number of carbonyl (C=O) groups is 2. The number of aliphatic hydroxyl groups is 2. The highest BCUT2D eigenvalue weighted by atomic mass is 16.3. The Morgan fingerprint density at radius 3 is 2.60 bits per heavy atom. The van der Waals surface area contributed by atoms with Gasteiger partial charge in [-0.2, -0.15) is 0 Å². The van der Waals surface area contributed by atoms with Gasteiger partial charge in [-0.15, -0.1) is 0 Å². The van der Waals surface area contributed by atoms with Gasteiger partial charge in [-0.1, -0.05) is 37.3 Å². The van der Waals surface area contributed by atoms with E-state index in [-0.39, 0.29) is 31.4 Å². The van der Waals surface area contributed by atoms with Gasteiger partial charge in [0.15, 0.2) is 0 Å². The second-order valence-corrected chi connectivity index (χ2v) is 6.47. The van der Waals surface area contributed by atoms with Gasteiger partial charge in [0.1, 0.15) is 0 Å². The molecule has 1 saturated heterocycles. The maximum atomic E-state index is 12.4. The molecule has 2 rings (SSSR count). The number of aliphatic hydroxyl groups excluding tert-OH is 2. The highest BCUT2D eigenvalue weighted by Crippen LogP contribution is 2.15. The van der Waals surface area contributed by atoms with Gasteiger partial charge in [-0.3, -0.25) is 14.5 Å². The lowest BCUT2D eigenvalue weighted by atomic mass is 9.97. The molecule has 25 heavy (non-hydrogen) atoms. The SMILES string of the molecule is CCC(CO)(CO)NC(=O)C[C@@H]1C(=O)NCCN1Cc1ccccc1. The molecule has 7 nitrogen and oxygen atoms in total. The van der Waals surface area contributed by atoms with E-state index >= 15 is 0 Å². The monoisotopic (exact) mass is 349 g/mol. The molecule has 0 spiro atoms. The van der Waals surface area contributed by atoms with Crippen LogP contribution < -0.4 is 10.6 Å². The van der Waals surface area contributed by atoms with Crippen LogP contribution in [0.25, 0.3) is 0 Å². The molecule has 1 atom stereocenters. The summed E-state index contributed by atoms with van der Waals surface area (Å²) in [5.74, 6) is -0.530. The summed E-state index contributed by atoms with van der Waals surface area (Å²) < 4.78 is 0. The molecular weight excluding hydrogens is 322 g/mol. The molecule has 1 aliphatic heterocycles. The minimum absolute atomic E-state index is 0.0135. The van der Waals surface area contributed by atoms with E-state index in [1.807, 2.05) is 35.2 Å². The Morgan fingerprint density at radius 1 is 1.32 bits per heavy atom. The molecule has 0 aromatic heterocycles. The number of carbonyl (C=O) groups excluding carboxylic acids is 2. The zero-order valence-corrected chi connectivity index (χ0v) is 14.6. The molecule has 4 N–H and O–H groups in total. The van der Waals surface area contributed by atoms with Crippen molar-refractivity contribution in [3.8, 4) is 0 Å². The maximum absolute atomic E-state index is 12.4. The molecule has 0 aliphatic carbocycles. The molecule has 1 aromatic rings. The fraction of sp³-hybridized carbons (Fsp3) is 0.556. The Kier molecular flexibility index (Phi) is 6.92. The van der Waals surface area contributed by atoms with Gasteiger partial charge >= 0.3 is 0 Å². The first-order valence-electron chi connectivity index (χ1n) is 8.62. The molecule has 138 valence electrons. The van der Waals surface area contributed by atoms with Crippen molar-refractivity contribution in [3.63, 3.8) is 0 Å². The average molecular weight is 349 g/mol. The van der Waals surface area contributed by atoms with Crippen LogP contribution in [0.5, 0.6) is 0 Å². The van der Waals surface area contributed by atoms with Gasteiger partial charge in [0, 0.05) is 19.6 Å². The highest BCUT2D eigenvalue weighted by molar-refractivity contribution is 5.89. The molecule has 0 saturated carbocycles. The van der Waals surface area contributed by atoms with Crippen LogP contribution in [-0.2, 0) is 16.1 Å². The minimum atomic E-state index is -1.05. The van der Waals surface area contributed by atoms with Crippen LogP contribution in [0.15, 0.2) is 30.3 Å². The van der Waals surface area contributed by atoms with Crippen LogP contribution in [0, 0.1) is 0 Å². The summed E-state index contributed by atoms with van der Waals surface area (Å²) in [5, 5.41) is 24.4. The lowest BCUT2D eigenvalue weighted by molar-refractivity contribution is -0.135. The normalized spacial score (nSPS) is 18.7. The molecule has 1 aromatic carbocycles. The van der Waals surface area contributed by atoms with E-state index in [2.05, 4.69) is 10.6 Å². The van der Waals surface area contributed by atoms with Crippen LogP contribution in [0.2, 0.25) is 0 Å². The van der Waals surface area contributed by atoms with Crippen molar-refractivity contribution in [3.05, 3.63) is 35.9 Å². The van der Waals surface area contributed by atoms with Crippen LogP contribution in [0.4, 0.5) is 0 Å². The lowest BCUT2D eigenvalue weighted by Gasteiger charge is -2.36. The highest BCUT2D eigenvalue weighted by Gasteiger charge is 2.34. The Morgan fingerprint density at radius 2 is 2.00 bits per heavy atom. The van der Waals surface area contributed by atoms with Crippen molar-refractivity contribution >= 4 is 11.8 Å². The Hall–Kier alpha value is -1.96. The lowest BCUT2D eigenvalue weighted by Crippen LogP contribution is -2.59. The first-order chi connectivity index (χ1) is 12.0. The van der Waals surface area contributed by atoms with E-state index in [4.69, 9.17) is 0 Å². The smallest absolute Gasteiger partial charge is 0.237 e. The van der Waals surface area contributed by atoms with Crippen LogP contribution in [-0.4, -0.2) is 64.8 Å². The first-order valence-corrected chi connectivity index (χ1v) is 8.62. The quantitative estimate of drug-likeness (QED) is 0.513. The van der Waals surface area contributed by atoms with Gasteiger partial charge < -0.3 is 20.8 Å². The van der Waals surface area contributed by atoms with Crippen molar-refractivity contribution in [2.75, 3.05) is 26.3 Å². The number of nitrogens with one attached hydrogen (secondary N) is 2. The molecule has 0 radical (unpaired) electrons. The molecule has 2 amide bonds. The summed E-state index contributed by atoms with van der Waals surface area (Å²) in [5.41, 5.74) is 0.0307. The van der Waals surface area contributed by atoms with Crippen molar-refractivity contribution in [1.29, 1.82) is 0 Å². The number of rotatable bonds is 8. The van der Waals surface area contributed by atoms with Gasteiger partial charge in [-0.05, 0) is 12.0 Å². The van der Waals surface area contributed by atoms with E-state index in [0.29, 0.717) is 26.1 Å². The van der Waals surface area contributed by atoms with E-state index in [9.17, 15) is 19.8 Å². The summed E-state index contributed by atoms with van der Waals surface area (Å²) in [4.78, 5) is 26.7. The Labute approximate surface area is 148 Å². The number of amides is 2. The topological polar surface area (TPSA) is 102 Å². The van der Waals surface area contributed by atoms with Gasteiger partial charge in [0.25, 0.3) is 0 Å². The summed E-state index contributed by atoms with van der Waals surface area (Å²) in [6.45, 7) is 2.88. The standard InChI is InChI=1S/C18H27N3O4/c1-2-18(12-22,13-23)20-16(24)10-15-17(25)19-8-9-21(15)11-14-6-4-3-5-7-14/h3-7,15,22-23H,2,8-13H2,1H3,(H,19,25)(H,20,24)/t15-/m1/s1. The summed E-state index contributed by atoms with van der Waals surface area (Å²) >= 11 is 0. The van der Waals surface area contributed by atoms with Crippen LogP contribution in [0.3, 0.4) is 0 Å². The second-order valence-electron chi connectivity index (χ2n) is 6.47.